The van der Waals surface area contributed by atoms with Crippen molar-refractivity contribution in [3.63, 3.8) is 0 Å². The Balaban J connectivity index is 1.16. The number of carboxylic acid groups (broad SMARTS) is 1. The fraction of sp³-hybridized carbons (Fsp3) is 0.258. The molecule has 0 bridgehead atoms. The highest BCUT2D eigenvalue weighted by Crippen LogP contribution is 2.31. The minimum atomic E-state index is -0.902. The molecule has 0 spiro atoms. The van der Waals surface area contributed by atoms with Crippen LogP contribution in [-0.2, 0) is 24.3 Å². The molecule has 6 rings (SSSR count). The average molecular weight is 556 g/mol. The topological polar surface area (TPSA) is 67.6 Å². The molecule has 2 unspecified atom stereocenters. The summed E-state index contributed by atoms with van der Waals surface area (Å²) in [5.74, 6) is 0.0806. The number of carbonyl (C=O) groups is 1. The maximum Gasteiger partial charge on any atom is 0.407 e. The molecule has 1 aliphatic rings. The van der Waals surface area contributed by atoms with Crippen LogP contribution >= 0.6 is 23.6 Å². The third kappa shape index (κ3) is 5.59. The molecule has 0 aliphatic carbocycles. The van der Waals surface area contributed by atoms with Crippen LogP contribution in [0, 0.1) is 3.95 Å². The molecule has 39 heavy (non-hydrogen) atoms. The number of nitrogens with zero attached hydrogens (tertiary/aromatic N) is 3. The number of amides is 1. The first-order chi connectivity index (χ1) is 19.0. The van der Waals surface area contributed by atoms with Crippen LogP contribution in [0.2, 0.25) is 0 Å². The summed E-state index contributed by atoms with van der Waals surface area (Å²) in [6.07, 6.45) is 2.28. The first-order valence-corrected chi connectivity index (χ1v) is 14.4. The molecule has 3 heterocycles. The molecule has 0 saturated carbocycles. The Morgan fingerprint density at radius 3 is 2.69 bits per heavy atom. The number of piperidine rings is 1. The van der Waals surface area contributed by atoms with E-state index >= 15 is 0 Å². The van der Waals surface area contributed by atoms with E-state index in [1.165, 1.54) is 25.9 Å². The number of aryl methyl sites for hydroxylation is 2. The zero-order valence-electron chi connectivity index (χ0n) is 21.4. The van der Waals surface area contributed by atoms with Crippen molar-refractivity contribution in [2.75, 3.05) is 13.1 Å². The Hall–Kier alpha value is -3.59. The van der Waals surface area contributed by atoms with E-state index < -0.39 is 6.09 Å². The average Bonchev–Trinajstić information content (AvgIpc) is 3.29. The Morgan fingerprint density at radius 2 is 1.87 bits per heavy atom. The van der Waals surface area contributed by atoms with Gasteiger partial charge in [-0.25, -0.2) is 4.79 Å². The van der Waals surface area contributed by atoms with Gasteiger partial charge in [-0.1, -0.05) is 54.6 Å². The van der Waals surface area contributed by atoms with E-state index in [-0.39, 0.29) is 12.0 Å². The number of benzene rings is 3. The van der Waals surface area contributed by atoms with Gasteiger partial charge in [-0.05, 0) is 64.8 Å². The second-order valence-electron chi connectivity index (χ2n) is 9.97. The van der Waals surface area contributed by atoms with Gasteiger partial charge in [0.1, 0.15) is 0 Å². The molecule has 1 fully saturated rings. The Morgan fingerprint density at radius 1 is 1.05 bits per heavy atom. The highest BCUT2D eigenvalue weighted by molar-refractivity contribution is 7.73. The van der Waals surface area contributed by atoms with Crippen molar-refractivity contribution in [1.29, 1.82) is 0 Å². The summed E-state index contributed by atoms with van der Waals surface area (Å²) in [6, 6.07) is 27.1. The number of likely N-dealkylation sites (tertiary alicyclic amines) is 1. The van der Waals surface area contributed by atoms with E-state index in [0.717, 1.165) is 33.7 Å². The van der Waals surface area contributed by atoms with Crippen LogP contribution in [0.5, 0.6) is 0 Å². The lowest BCUT2D eigenvalue weighted by Gasteiger charge is -2.37. The summed E-state index contributed by atoms with van der Waals surface area (Å²) >= 11 is 7.24. The van der Waals surface area contributed by atoms with Gasteiger partial charge in [0.05, 0.1) is 29.5 Å². The summed E-state index contributed by atoms with van der Waals surface area (Å²) in [4.78, 5) is 18.0. The lowest BCUT2D eigenvalue weighted by atomic mass is 9.87. The molecule has 198 valence electrons. The van der Waals surface area contributed by atoms with Gasteiger partial charge in [-0.3, -0.25) is 4.98 Å². The molecule has 3 aromatic carbocycles. The van der Waals surface area contributed by atoms with Gasteiger partial charge in [-0.15, -0.1) is 11.3 Å². The SMILES string of the molecule is O=C(O)N1CCC(c2ccc(CCn3c(=S)sc4ccccc43)nc2)C(OCc2ccc3ccccc3c2)C1. The number of hydrogen-bond donors (Lipinski definition) is 1. The third-order valence-corrected chi connectivity index (χ3v) is 8.98. The number of pyridine rings is 1. The summed E-state index contributed by atoms with van der Waals surface area (Å²) in [5, 5.41) is 12.0. The largest absolute Gasteiger partial charge is 0.465 e. The fourth-order valence-electron chi connectivity index (χ4n) is 5.43. The molecule has 8 heteroatoms. The number of ether oxygens (including phenoxy) is 1. The minimum absolute atomic E-state index is 0.0806. The van der Waals surface area contributed by atoms with E-state index in [1.807, 2.05) is 30.5 Å². The molecule has 1 saturated heterocycles. The van der Waals surface area contributed by atoms with E-state index in [4.69, 9.17) is 21.9 Å². The van der Waals surface area contributed by atoms with Crippen molar-refractivity contribution in [3.05, 3.63) is 106 Å². The predicted molar refractivity (Wildman–Crippen MR) is 158 cm³/mol. The number of rotatable bonds is 7. The maximum atomic E-state index is 11.7. The van der Waals surface area contributed by atoms with Crippen LogP contribution in [-0.4, -0.2) is 44.8 Å². The van der Waals surface area contributed by atoms with Crippen LogP contribution in [0.1, 0.15) is 29.2 Å². The normalized spacial score (nSPS) is 17.6. The first-order valence-electron chi connectivity index (χ1n) is 13.2. The molecule has 1 N–H and O–H groups in total. The third-order valence-electron chi connectivity index (χ3n) is 7.55. The van der Waals surface area contributed by atoms with E-state index in [1.54, 1.807) is 11.3 Å². The van der Waals surface area contributed by atoms with Gasteiger partial charge in [0, 0.05) is 37.3 Å². The number of para-hydroxylation sites is 1. The molecule has 2 atom stereocenters. The Bertz CT molecular complexity index is 1680. The smallest absolute Gasteiger partial charge is 0.407 e. The minimum Gasteiger partial charge on any atom is -0.465 e. The maximum absolute atomic E-state index is 11.7. The van der Waals surface area contributed by atoms with Crippen molar-refractivity contribution < 1.29 is 14.6 Å². The van der Waals surface area contributed by atoms with Crippen LogP contribution < -0.4 is 0 Å². The van der Waals surface area contributed by atoms with Gasteiger partial charge in [0.25, 0.3) is 0 Å². The van der Waals surface area contributed by atoms with E-state index in [9.17, 15) is 9.90 Å². The van der Waals surface area contributed by atoms with Crippen LogP contribution in [0.4, 0.5) is 4.79 Å². The van der Waals surface area contributed by atoms with Crippen molar-refractivity contribution in [2.45, 2.75) is 38.0 Å². The van der Waals surface area contributed by atoms with Crippen molar-refractivity contribution in [1.82, 2.24) is 14.5 Å². The van der Waals surface area contributed by atoms with Crippen molar-refractivity contribution in [3.8, 4) is 0 Å². The van der Waals surface area contributed by atoms with Gasteiger partial charge in [0.2, 0.25) is 0 Å². The number of hydrogen-bond acceptors (Lipinski definition) is 5. The Kier molecular flexibility index (Phi) is 7.41. The highest BCUT2D eigenvalue weighted by Gasteiger charge is 2.33. The Labute approximate surface area is 236 Å². The lowest BCUT2D eigenvalue weighted by Crippen LogP contribution is -2.46. The lowest BCUT2D eigenvalue weighted by molar-refractivity contribution is -0.0200. The van der Waals surface area contributed by atoms with Gasteiger partial charge in [0.15, 0.2) is 3.95 Å². The van der Waals surface area contributed by atoms with Crippen LogP contribution in [0.25, 0.3) is 21.0 Å². The van der Waals surface area contributed by atoms with Crippen molar-refractivity contribution in [2.24, 2.45) is 0 Å². The van der Waals surface area contributed by atoms with E-state index in [0.29, 0.717) is 26.1 Å². The summed E-state index contributed by atoms with van der Waals surface area (Å²) in [6.45, 7) is 2.05. The zero-order valence-corrected chi connectivity index (χ0v) is 23.0. The number of fused-ring (bicyclic) bond motifs is 2. The molecule has 6 nitrogen and oxygen atoms in total. The quantitative estimate of drug-likeness (QED) is 0.214. The molecule has 1 aliphatic heterocycles. The molecule has 5 aromatic rings. The standard InChI is InChI=1S/C31H29N3O3S2/c35-30(36)33-15-14-26(28(19-33)37-20-21-9-10-22-5-1-2-6-23(22)17-21)24-11-12-25(32-18-24)13-16-34-27-7-3-4-8-29(27)39-31(34)38/h1-12,17-18,26,28H,13-16,19-20H2,(H,35,36). The monoisotopic (exact) mass is 555 g/mol. The fourth-order valence-corrected chi connectivity index (χ4v) is 6.80. The van der Waals surface area contributed by atoms with Crippen LogP contribution in [0.15, 0.2) is 85.1 Å². The number of thiazole rings is 1. The summed E-state index contributed by atoms with van der Waals surface area (Å²) < 4.78 is 10.7. The van der Waals surface area contributed by atoms with Crippen molar-refractivity contribution >= 4 is 50.6 Å². The highest BCUT2D eigenvalue weighted by atomic mass is 32.1. The number of aromatic nitrogens is 2. The van der Waals surface area contributed by atoms with Crippen LogP contribution in [0.3, 0.4) is 0 Å². The zero-order chi connectivity index (χ0) is 26.8. The molecule has 0 radical (unpaired) electrons. The molecule has 1 amide bonds. The van der Waals surface area contributed by atoms with Gasteiger partial charge >= 0.3 is 6.09 Å². The predicted octanol–water partition coefficient (Wildman–Crippen LogP) is 7.28. The second kappa shape index (κ2) is 11.3. The molecular weight excluding hydrogens is 526 g/mol. The van der Waals surface area contributed by atoms with E-state index in [2.05, 4.69) is 59.2 Å². The summed E-state index contributed by atoms with van der Waals surface area (Å²) in [5.41, 5.74) is 4.34. The second-order valence-corrected chi connectivity index (χ2v) is 11.7. The van der Waals surface area contributed by atoms with Gasteiger partial charge < -0.3 is 19.3 Å². The first kappa shape index (κ1) is 25.7. The van der Waals surface area contributed by atoms with Gasteiger partial charge in [-0.2, -0.15) is 0 Å². The molecular formula is C31H29N3O3S2. The summed E-state index contributed by atoms with van der Waals surface area (Å²) in [7, 11) is 0. The molecule has 2 aromatic heterocycles.